The highest BCUT2D eigenvalue weighted by atomic mass is 16.3. The van der Waals surface area contributed by atoms with Gasteiger partial charge in [0, 0.05) is 23.4 Å². The van der Waals surface area contributed by atoms with Gasteiger partial charge in [0.2, 0.25) is 5.91 Å². The van der Waals surface area contributed by atoms with Gasteiger partial charge < -0.3 is 20.0 Å². The van der Waals surface area contributed by atoms with Gasteiger partial charge in [-0.05, 0) is 54.2 Å². The first-order valence-electron chi connectivity index (χ1n) is 12.2. The second-order valence-electron chi connectivity index (χ2n) is 10.1. The normalized spacial score (nSPS) is 18.9. The van der Waals surface area contributed by atoms with E-state index in [4.69, 9.17) is 4.42 Å². The molecule has 2 aromatic carbocycles. The van der Waals surface area contributed by atoms with Gasteiger partial charge in [0.05, 0.1) is 24.2 Å². The number of allylic oxidation sites excluding steroid dienone is 1. The van der Waals surface area contributed by atoms with Gasteiger partial charge in [0.1, 0.15) is 11.8 Å². The van der Waals surface area contributed by atoms with E-state index >= 15 is 0 Å². The Morgan fingerprint density at radius 2 is 1.86 bits per heavy atom. The minimum Gasteiger partial charge on any atom is -0.467 e. The van der Waals surface area contributed by atoms with Crippen LogP contribution in [0.3, 0.4) is 0 Å². The molecule has 1 atom stereocenters. The van der Waals surface area contributed by atoms with Crippen LogP contribution in [-0.4, -0.2) is 18.2 Å². The third-order valence-corrected chi connectivity index (χ3v) is 6.80. The Morgan fingerprint density at radius 1 is 1.09 bits per heavy atom. The van der Waals surface area contributed by atoms with E-state index in [0.717, 1.165) is 41.2 Å². The molecule has 2 N–H and O–H groups in total. The number of ketones is 1. The molecule has 6 nitrogen and oxygen atoms in total. The van der Waals surface area contributed by atoms with Crippen LogP contribution in [0.2, 0.25) is 0 Å². The van der Waals surface area contributed by atoms with Gasteiger partial charge in [-0.3, -0.25) is 9.59 Å². The molecule has 5 rings (SSSR count). The number of hydrogen-bond donors (Lipinski definition) is 2. The summed E-state index contributed by atoms with van der Waals surface area (Å²) < 4.78 is 5.87. The first kappa shape index (κ1) is 23.0. The number of aryl methyl sites for hydroxylation is 1. The lowest BCUT2D eigenvalue weighted by atomic mass is 9.74. The van der Waals surface area contributed by atoms with Crippen LogP contribution in [0.4, 0.5) is 17.1 Å². The molecule has 35 heavy (non-hydrogen) atoms. The maximum absolute atomic E-state index is 13.6. The van der Waals surface area contributed by atoms with Gasteiger partial charge in [-0.1, -0.05) is 51.1 Å². The van der Waals surface area contributed by atoms with Gasteiger partial charge in [-0.15, -0.1) is 0 Å². The van der Waals surface area contributed by atoms with Gasteiger partial charge in [0.15, 0.2) is 5.78 Å². The Labute approximate surface area is 206 Å². The summed E-state index contributed by atoms with van der Waals surface area (Å²) >= 11 is 0. The average molecular weight is 470 g/mol. The number of benzene rings is 2. The molecule has 0 fully saturated rings. The first-order chi connectivity index (χ1) is 16.9. The lowest BCUT2D eigenvalue weighted by molar-refractivity contribution is -0.119. The van der Waals surface area contributed by atoms with Crippen LogP contribution in [0.5, 0.6) is 0 Å². The number of carbonyl (C=O) groups is 2. The van der Waals surface area contributed by atoms with Crippen molar-refractivity contribution in [1.82, 2.24) is 0 Å². The molecule has 2 aliphatic rings. The molecule has 0 spiro atoms. The standard InChI is InChI=1S/C29H31N3O3/c1-4-19-10-5-6-11-20(19)31-26(34)18-32-23-13-8-7-12-21(23)30-22-16-29(2,3)17-24(33)27(22)28(32)25-14-9-15-35-25/h5-15,28,30H,4,16-18H2,1-3H3,(H,31,34). The molecule has 0 saturated heterocycles. The fraction of sp³-hybridized carbons (Fsp3) is 0.310. The monoisotopic (exact) mass is 469 g/mol. The van der Waals surface area contributed by atoms with Gasteiger partial charge in [-0.2, -0.15) is 0 Å². The largest absolute Gasteiger partial charge is 0.467 e. The summed E-state index contributed by atoms with van der Waals surface area (Å²) in [6.07, 6.45) is 3.63. The van der Waals surface area contributed by atoms with E-state index in [2.05, 4.69) is 31.4 Å². The Bertz CT molecular complexity index is 1290. The molecule has 180 valence electrons. The number of rotatable bonds is 5. The van der Waals surface area contributed by atoms with Crippen molar-refractivity contribution < 1.29 is 14.0 Å². The van der Waals surface area contributed by atoms with Crippen LogP contribution in [-0.2, 0) is 16.0 Å². The summed E-state index contributed by atoms with van der Waals surface area (Å²) in [5.41, 5.74) is 5.05. The summed E-state index contributed by atoms with van der Waals surface area (Å²) in [6, 6.07) is 18.9. The summed E-state index contributed by atoms with van der Waals surface area (Å²) in [5.74, 6) is 0.579. The number of furan rings is 1. The number of Topliss-reactive ketones (excluding diaryl/α,β-unsaturated/α-hetero) is 1. The number of nitrogens with zero attached hydrogens (tertiary/aromatic N) is 1. The minimum atomic E-state index is -0.507. The Morgan fingerprint density at radius 3 is 2.63 bits per heavy atom. The smallest absolute Gasteiger partial charge is 0.243 e. The Hall–Kier alpha value is -3.80. The van der Waals surface area contributed by atoms with Crippen LogP contribution in [0.15, 0.2) is 82.6 Å². The number of carbonyl (C=O) groups excluding carboxylic acids is 2. The van der Waals surface area contributed by atoms with Crippen LogP contribution >= 0.6 is 0 Å². The summed E-state index contributed by atoms with van der Waals surface area (Å²) in [5, 5.41) is 6.64. The van der Waals surface area contributed by atoms with Crippen molar-refractivity contribution in [2.75, 3.05) is 22.1 Å². The predicted molar refractivity (Wildman–Crippen MR) is 138 cm³/mol. The van der Waals surface area contributed by atoms with E-state index in [1.165, 1.54) is 0 Å². The first-order valence-corrected chi connectivity index (χ1v) is 12.2. The average Bonchev–Trinajstić information content (AvgIpc) is 3.31. The molecule has 0 saturated carbocycles. The molecule has 2 heterocycles. The van der Waals surface area contributed by atoms with E-state index in [1.54, 1.807) is 6.26 Å². The van der Waals surface area contributed by atoms with Crippen molar-refractivity contribution >= 4 is 28.8 Å². The van der Waals surface area contributed by atoms with Crippen molar-refractivity contribution in [3.8, 4) is 0 Å². The zero-order chi connectivity index (χ0) is 24.6. The van der Waals surface area contributed by atoms with Crippen molar-refractivity contribution in [2.45, 2.75) is 46.1 Å². The van der Waals surface area contributed by atoms with E-state index < -0.39 is 6.04 Å². The van der Waals surface area contributed by atoms with Gasteiger partial charge in [-0.25, -0.2) is 0 Å². The van der Waals surface area contributed by atoms with E-state index in [0.29, 0.717) is 17.8 Å². The van der Waals surface area contributed by atoms with Crippen molar-refractivity contribution in [1.29, 1.82) is 0 Å². The lowest BCUT2D eigenvalue weighted by Gasteiger charge is -2.36. The maximum atomic E-state index is 13.6. The molecule has 1 aromatic heterocycles. The zero-order valence-corrected chi connectivity index (χ0v) is 20.4. The number of amides is 1. The number of nitrogens with one attached hydrogen (secondary N) is 2. The topological polar surface area (TPSA) is 74.6 Å². The van der Waals surface area contributed by atoms with E-state index in [1.807, 2.05) is 65.6 Å². The highest BCUT2D eigenvalue weighted by molar-refractivity contribution is 6.02. The molecule has 6 heteroatoms. The SMILES string of the molecule is CCc1ccccc1NC(=O)CN1c2ccccc2NC2=C(C(=O)CC(C)(C)C2)C1c1ccco1. The summed E-state index contributed by atoms with van der Waals surface area (Å²) in [7, 11) is 0. The molecule has 0 bridgehead atoms. The second kappa shape index (κ2) is 9.10. The minimum absolute atomic E-state index is 0.0650. The van der Waals surface area contributed by atoms with Crippen molar-refractivity contribution in [2.24, 2.45) is 5.41 Å². The van der Waals surface area contributed by atoms with Crippen molar-refractivity contribution in [3.05, 3.63) is 89.5 Å². The van der Waals surface area contributed by atoms with Gasteiger partial charge >= 0.3 is 0 Å². The number of fused-ring (bicyclic) bond motifs is 1. The highest BCUT2D eigenvalue weighted by Crippen LogP contribution is 2.48. The number of para-hydroxylation sites is 3. The number of hydrogen-bond acceptors (Lipinski definition) is 5. The highest BCUT2D eigenvalue weighted by Gasteiger charge is 2.42. The molecule has 1 unspecified atom stereocenters. The fourth-order valence-electron chi connectivity index (χ4n) is 5.26. The third kappa shape index (κ3) is 4.48. The second-order valence-corrected chi connectivity index (χ2v) is 10.1. The molecular weight excluding hydrogens is 438 g/mol. The maximum Gasteiger partial charge on any atom is 0.243 e. The predicted octanol–water partition coefficient (Wildman–Crippen LogP) is 6.10. The van der Waals surface area contributed by atoms with E-state index in [9.17, 15) is 9.59 Å². The quantitative estimate of drug-likeness (QED) is 0.472. The van der Waals surface area contributed by atoms with Crippen LogP contribution in [0, 0.1) is 5.41 Å². The zero-order valence-electron chi connectivity index (χ0n) is 20.4. The van der Waals surface area contributed by atoms with E-state index in [-0.39, 0.29) is 23.7 Å². The molecule has 3 aromatic rings. The molecule has 0 radical (unpaired) electrons. The summed E-state index contributed by atoms with van der Waals surface area (Å²) in [6.45, 7) is 6.37. The molecule has 1 aliphatic heterocycles. The Kier molecular flexibility index (Phi) is 5.97. The van der Waals surface area contributed by atoms with Crippen LogP contribution in [0.1, 0.15) is 51.0 Å². The van der Waals surface area contributed by atoms with Crippen LogP contribution in [0.25, 0.3) is 0 Å². The molecular formula is C29H31N3O3. The lowest BCUT2D eigenvalue weighted by Crippen LogP contribution is -2.40. The Balaban J connectivity index is 1.59. The van der Waals surface area contributed by atoms with Crippen LogP contribution < -0.4 is 15.5 Å². The third-order valence-electron chi connectivity index (χ3n) is 6.80. The summed E-state index contributed by atoms with van der Waals surface area (Å²) in [4.78, 5) is 29.0. The van der Waals surface area contributed by atoms with Crippen molar-refractivity contribution in [3.63, 3.8) is 0 Å². The number of anilines is 3. The van der Waals surface area contributed by atoms with Gasteiger partial charge in [0.25, 0.3) is 0 Å². The fourth-order valence-corrected chi connectivity index (χ4v) is 5.26. The molecule has 1 aliphatic carbocycles. The molecule has 1 amide bonds.